The van der Waals surface area contributed by atoms with Crippen LogP contribution in [0.2, 0.25) is 5.02 Å². The number of carbonyl (C=O) groups is 1. The molecule has 1 saturated heterocycles. The number of carboxylic acid groups (broad SMARTS) is 1. The fourth-order valence-corrected chi connectivity index (χ4v) is 4.41. The summed E-state index contributed by atoms with van der Waals surface area (Å²) in [6.45, 7) is 0.984. The van der Waals surface area contributed by atoms with Crippen LogP contribution < -0.4 is 0 Å². The van der Waals surface area contributed by atoms with Gasteiger partial charge in [-0.15, -0.1) is 11.3 Å². The highest BCUT2D eigenvalue weighted by Crippen LogP contribution is 2.40. The van der Waals surface area contributed by atoms with Crippen molar-refractivity contribution < 1.29 is 23.1 Å². The smallest absolute Gasteiger partial charge is 0.416 e. The van der Waals surface area contributed by atoms with Crippen LogP contribution in [0.5, 0.6) is 0 Å². The maximum atomic E-state index is 13.2. The molecule has 1 aliphatic rings. The van der Waals surface area contributed by atoms with Gasteiger partial charge in [0.1, 0.15) is 0 Å². The van der Waals surface area contributed by atoms with Gasteiger partial charge in [-0.25, -0.2) is 0 Å². The molecule has 1 unspecified atom stereocenters. The fourth-order valence-electron chi connectivity index (χ4n) is 3.31. The van der Waals surface area contributed by atoms with Crippen molar-refractivity contribution in [3.63, 3.8) is 0 Å². The zero-order chi connectivity index (χ0) is 18.9. The van der Waals surface area contributed by atoms with Gasteiger partial charge in [-0.1, -0.05) is 17.7 Å². The van der Waals surface area contributed by atoms with Gasteiger partial charge in [-0.3, -0.25) is 9.69 Å². The Labute approximate surface area is 158 Å². The molecule has 8 heteroatoms. The number of piperidine rings is 1. The number of aliphatic carboxylic acids is 1. The zero-order valence-electron chi connectivity index (χ0n) is 13.7. The molecule has 1 aromatic heterocycles. The number of nitrogens with zero attached hydrogens (tertiary/aromatic N) is 1. The van der Waals surface area contributed by atoms with Crippen molar-refractivity contribution in [2.24, 2.45) is 5.92 Å². The van der Waals surface area contributed by atoms with Gasteiger partial charge >= 0.3 is 12.1 Å². The van der Waals surface area contributed by atoms with Crippen LogP contribution in [0.3, 0.4) is 0 Å². The Hall–Kier alpha value is -1.57. The molecule has 1 aromatic carbocycles. The summed E-state index contributed by atoms with van der Waals surface area (Å²) in [7, 11) is 0. The summed E-state index contributed by atoms with van der Waals surface area (Å²) in [5.41, 5.74) is -0.336. The minimum absolute atomic E-state index is 0.275. The summed E-state index contributed by atoms with van der Waals surface area (Å²) in [6, 6.07) is 6.67. The normalized spacial score (nSPS) is 18.0. The van der Waals surface area contributed by atoms with E-state index in [1.54, 1.807) is 0 Å². The van der Waals surface area contributed by atoms with E-state index < -0.39 is 29.7 Å². The lowest BCUT2D eigenvalue weighted by atomic mass is 9.93. The maximum absolute atomic E-state index is 13.2. The molecule has 3 nitrogen and oxygen atoms in total. The number of hydrogen-bond donors (Lipinski definition) is 1. The average molecular weight is 404 g/mol. The second-order valence-electron chi connectivity index (χ2n) is 6.30. The molecule has 2 aromatic rings. The Balaban J connectivity index is 1.97. The molecule has 3 rings (SSSR count). The van der Waals surface area contributed by atoms with E-state index in [-0.39, 0.29) is 5.02 Å². The summed E-state index contributed by atoms with van der Waals surface area (Å²) < 4.78 is 39.5. The van der Waals surface area contributed by atoms with Gasteiger partial charge in [-0.05, 0) is 61.1 Å². The SMILES string of the molecule is O=C(O)C1CCN(C(c2cccs2)c2cc(C(F)(F)F)ccc2Cl)CC1. The van der Waals surface area contributed by atoms with Crippen molar-refractivity contribution in [3.8, 4) is 0 Å². The first-order valence-corrected chi connectivity index (χ1v) is 9.40. The molecule has 1 aliphatic heterocycles. The number of halogens is 4. The van der Waals surface area contributed by atoms with Crippen molar-refractivity contribution in [2.45, 2.75) is 25.1 Å². The van der Waals surface area contributed by atoms with Gasteiger partial charge in [-0.2, -0.15) is 13.2 Å². The quantitative estimate of drug-likeness (QED) is 0.752. The maximum Gasteiger partial charge on any atom is 0.416 e. The van der Waals surface area contributed by atoms with E-state index in [4.69, 9.17) is 11.6 Å². The number of benzene rings is 1. The molecule has 1 N–H and O–H groups in total. The molecule has 0 spiro atoms. The highest BCUT2D eigenvalue weighted by Gasteiger charge is 2.35. The zero-order valence-corrected chi connectivity index (χ0v) is 15.2. The summed E-state index contributed by atoms with van der Waals surface area (Å²) in [5.74, 6) is -1.23. The lowest BCUT2D eigenvalue weighted by Crippen LogP contribution is -2.39. The van der Waals surface area contributed by atoms with E-state index >= 15 is 0 Å². The standard InChI is InChI=1S/C18H17ClF3NO2S/c19-14-4-3-12(18(20,21)22)10-13(14)16(15-2-1-9-26-15)23-7-5-11(6-8-23)17(24)25/h1-4,9-11,16H,5-8H2,(H,24,25). The highest BCUT2D eigenvalue weighted by molar-refractivity contribution is 7.10. The van der Waals surface area contributed by atoms with E-state index in [1.807, 2.05) is 22.4 Å². The Morgan fingerprint density at radius 2 is 1.96 bits per heavy atom. The van der Waals surface area contributed by atoms with Crippen LogP contribution >= 0.6 is 22.9 Å². The Morgan fingerprint density at radius 3 is 2.50 bits per heavy atom. The van der Waals surface area contributed by atoms with Crippen molar-refractivity contribution in [2.75, 3.05) is 13.1 Å². The lowest BCUT2D eigenvalue weighted by molar-refractivity contribution is -0.143. The van der Waals surface area contributed by atoms with Crippen LogP contribution in [-0.4, -0.2) is 29.1 Å². The highest BCUT2D eigenvalue weighted by atomic mass is 35.5. The molecule has 1 fully saturated rings. The molecule has 0 amide bonds. The molecular formula is C18H17ClF3NO2S. The molecule has 140 valence electrons. The largest absolute Gasteiger partial charge is 0.481 e. The van der Waals surface area contributed by atoms with E-state index in [1.165, 1.54) is 17.4 Å². The third-order valence-electron chi connectivity index (χ3n) is 4.67. The summed E-state index contributed by atoms with van der Waals surface area (Å²) in [6.07, 6.45) is -3.52. The molecule has 0 radical (unpaired) electrons. The first-order valence-electron chi connectivity index (χ1n) is 8.14. The van der Waals surface area contributed by atoms with Crippen molar-refractivity contribution in [3.05, 3.63) is 56.7 Å². The minimum atomic E-state index is -4.45. The first kappa shape index (κ1) is 19.2. The fraction of sp³-hybridized carbons (Fsp3) is 0.389. The Kier molecular flexibility index (Phi) is 5.60. The van der Waals surface area contributed by atoms with E-state index in [9.17, 15) is 23.1 Å². The number of rotatable bonds is 4. The van der Waals surface area contributed by atoms with E-state index in [0.29, 0.717) is 31.5 Å². The summed E-state index contributed by atoms with van der Waals surface area (Å²) in [5, 5.41) is 11.3. The van der Waals surface area contributed by atoms with Crippen molar-refractivity contribution in [1.82, 2.24) is 4.90 Å². The number of thiophene rings is 1. The second kappa shape index (κ2) is 7.58. The monoisotopic (exact) mass is 403 g/mol. The van der Waals surface area contributed by atoms with Crippen LogP contribution in [0.4, 0.5) is 13.2 Å². The third-order valence-corrected chi connectivity index (χ3v) is 5.94. The number of carboxylic acids is 1. The van der Waals surface area contributed by atoms with Gasteiger partial charge < -0.3 is 5.11 Å². The Morgan fingerprint density at radius 1 is 1.27 bits per heavy atom. The number of hydrogen-bond acceptors (Lipinski definition) is 3. The van der Waals surface area contributed by atoms with Gasteiger partial charge in [0.2, 0.25) is 0 Å². The topological polar surface area (TPSA) is 40.5 Å². The average Bonchev–Trinajstić information content (AvgIpc) is 3.10. The predicted octanol–water partition coefficient (Wildman–Crippen LogP) is 5.31. The van der Waals surface area contributed by atoms with Gasteiger partial charge in [0.15, 0.2) is 0 Å². The van der Waals surface area contributed by atoms with Crippen LogP contribution in [0.1, 0.15) is 34.9 Å². The van der Waals surface area contributed by atoms with E-state index in [0.717, 1.165) is 17.0 Å². The van der Waals surface area contributed by atoms with Crippen LogP contribution in [0.15, 0.2) is 35.7 Å². The third kappa shape index (κ3) is 4.05. The number of alkyl halides is 3. The predicted molar refractivity (Wildman–Crippen MR) is 94.5 cm³/mol. The number of likely N-dealkylation sites (tertiary alicyclic amines) is 1. The van der Waals surface area contributed by atoms with E-state index in [2.05, 4.69) is 0 Å². The van der Waals surface area contributed by atoms with Crippen molar-refractivity contribution in [1.29, 1.82) is 0 Å². The van der Waals surface area contributed by atoms with Crippen LogP contribution in [0.25, 0.3) is 0 Å². The molecule has 2 heterocycles. The lowest BCUT2D eigenvalue weighted by Gasteiger charge is -2.37. The molecular weight excluding hydrogens is 387 g/mol. The van der Waals surface area contributed by atoms with Gasteiger partial charge in [0.25, 0.3) is 0 Å². The molecule has 0 saturated carbocycles. The second-order valence-corrected chi connectivity index (χ2v) is 7.69. The molecule has 26 heavy (non-hydrogen) atoms. The molecule has 0 bridgehead atoms. The Bertz CT molecular complexity index is 771. The van der Waals surface area contributed by atoms with Gasteiger partial charge in [0.05, 0.1) is 17.5 Å². The van der Waals surface area contributed by atoms with Gasteiger partial charge in [0, 0.05) is 9.90 Å². The molecule has 1 atom stereocenters. The summed E-state index contributed by atoms with van der Waals surface area (Å²) >= 11 is 7.72. The molecule has 0 aliphatic carbocycles. The van der Waals surface area contributed by atoms with Crippen molar-refractivity contribution >= 4 is 28.9 Å². The minimum Gasteiger partial charge on any atom is -0.481 e. The summed E-state index contributed by atoms with van der Waals surface area (Å²) in [4.78, 5) is 14.1. The van der Waals surface area contributed by atoms with Crippen LogP contribution in [-0.2, 0) is 11.0 Å². The first-order chi connectivity index (χ1) is 12.3. The van der Waals surface area contributed by atoms with Crippen LogP contribution in [0, 0.1) is 5.92 Å².